The van der Waals surface area contributed by atoms with Gasteiger partial charge in [0.15, 0.2) is 0 Å². The first-order valence-electron chi connectivity index (χ1n) is 9.66. The van der Waals surface area contributed by atoms with Gasteiger partial charge in [-0.3, -0.25) is 0 Å². The predicted molar refractivity (Wildman–Crippen MR) is 108 cm³/mol. The van der Waals surface area contributed by atoms with E-state index in [9.17, 15) is 5.11 Å². The van der Waals surface area contributed by atoms with Crippen LogP contribution in [-0.2, 0) is 12.8 Å². The minimum Gasteiger partial charge on any atom is -0.492 e. The van der Waals surface area contributed by atoms with Gasteiger partial charge in [0.1, 0.15) is 12.4 Å². The molecule has 2 aromatic carbocycles. The maximum atomic E-state index is 10.1. The molecule has 0 radical (unpaired) electrons. The van der Waals surface area contributed by atoms with Crippen LogP contribution < -0.4 is 15.8 Å². The molecule has 0 fully saturated rings. The number of fused-ring (bicyclic) bond motifs is 3. The molecule has 0 bridgehead atoms. The Hall–Kier alpha value is -2.34. The molecule has 5 heteroatoms. The lowest BCUT2D eigenvalue weighted by molar-refractivity contribution is 0.172. The van der Waals surface area contributed by atoms with Gasteiger partial charge in [-0.05, 0) is 42.5 Å². The van der Waals surface area contributed by atoms with Crippen LogP contribution in [0.5, 0.6) is 5.75 Å². The highest BCUT2D eigenvalue weighted by Gasteiger charge is 2.20. The van der Waals surface area contributed by atoms with Crippen LogP contribution in [0, 0.1) is 0 Å². The summed E-state index contributed by atoms with van der Waals surface area (Å²) in [7, 11) is 0. The molecule has 0 aliphatic heterocycles. The Kier molecular flexibility index (Phi) is 5.43. The van der Waals surface area contributed by atoms with Crippen molar-refractivity contribution in [3.05, 3.63) is 65.4 Å². The van der Waals surface area contributed by atoms with Crippen molar-refractivity contribution in [2.24, 2.45) is 5.73 Å². The lowest BCUT2D eigenvalue weighted by atomic mass is 9.92. The summed E-state index contributed by atoms with van der Waals surface area (Å²) >= 11 is 0. The minimum absolute atomic E-state index is 0.268. The van der Waals surface area contributed by atoms with Crippen LogP contribution in [0.15, 0.2) is 48.5 Å². The highest BCUT2D eigenvalue weighted by Crippen LogP contribution is 2.30. The van der Waals surface area contributed by atoms with Gasteiger partial charge in [-0.15, -0.1) is 0 Å². The molecule has 0 saturated carbocycles. The lowest BCUT2D eigenvalue weighted by Gasteiger charge is -2.18. The van der Waals surface area contributed by atoms with Crippen molar-refractivity contribution in [2.75, 3.05) is 19.7 Å². The second kappa shape index (κ2) is 8.13. The first-order chi connectivity index (χ1) is 13.2. The summed E-state index contributed by atoms with van der Waals surface area (Å²) in [5.74, 6) is 0.857. The Morgan fingerprint density at radius 3 is 2.93 bits per heavy atom. The van der Waals surface area contributed by atoms with Crippen molar-refractivity contribution in [1.29, 1.82) is 0 Å². The van der Waals surface area contributed by atoms with Crippen molar-refractivity contribution in [3.63, 3.8) is 0 Å². The molecule has 0 amide bonds. The Labute approximate surface area is 159 Å². The van der Waals surface area contributed by atoms with E-state index in [2.05, 4.69) is 22.4 Å². The number of H-pyrrole nitrogens is 1. The Morgan fingerprint density at radius 1 is 1.22 bits per heavy atom. The van der Waals surface area contributed by atoms with E-state index >= 15 is 0 Å². The summed E-state index contributed by atoms with van der Waals surface area (Å²) in [4.78, 5) is 3.53. The van der Waals surface area contributed by atoms with Gasteiger partial charge >= 0.3 is 0 Å². The van der Waals surface area contributed by atoms with Crippen molar-refractivity contribution in [1.82, 2.24) is 10.3 Å². The highest BCUT2D eigenvalue weighted by atomic mass is 16.5. The van der Waals surface area contributed by atoms with Crippen molar-refractivity contribution >= 4 is 10.9 Å². The smallest absolute Gasteiger partial charge is 0.121 e. The number of aromatic nitrogens is 1. The fraction of sp³-hybridized carbons (Fsp3) is 0.364. The van der Waals surface area contributed by atoms with Crippen LogP contribution in [0.1, 0.15) is 29.3 Å². The monoisotopic (exact) mass is 365 g/mol. The topological polar surface area (TPSA) is 83.3 Å². The summed E-state index contributed by atoms with van der Waals surface area (Å²) in [5, 5.41) is 14.6. The van der Waals surface area contributed by atoms with E-state index in [4.69, 9.17) is 10.5 Å². The molecule has 0 saturated heterocycles. The Balaban J connectivity index is 1.28. The second-order valence-electron chi connectivity index (χ2n) is 7.27. The number of aryl methyl sites for hydroxylation is 1. The van der Waals surface area contributed by atoms with Crippen molar-refractivity contribution in [3.8, 4) is 5.75 Å². The summed E-state index contributed by atoms with van der Waals surface area (Å²) in [6, 6.07) is 16.2. The van der Waals surface area contributed by atoms with Gasteiger partial charge in [0, 0.05) is 41.8 Å². The molecule has 1 aliphatic rings. The standard InChI is InChI=1S/C22H27N3O2/c23-16-6-9-20-19(12-16)18-8-7-17(13-21(18)25-20)27-11-10-24-14-22(26)15-4-2-1-3-5-15/h1-5,7-8,13,16,22,24-26H,6,9-12,14,23H2. The zero-order valence-electron chi connectivity index (χ0n) is 15.4. The molecule has 3 aromatic rings. The zero-order valence-corrected chi connectivity index (χ0v) is 15.4. The fourth-order valence-corrected chi connectivity index (χ4v) is 3.79. The Morgan fingerprint density at radius 2 is 2.07 bits per heavy atom. The number of aliphatic hydroxyl groups is 1. The van der Waals surface area contributed by atoms with Gasteiger partial charge in [0.25, 0.3) is 0 Å². The van der Waals surface area contributed by atoms with E-state index < -0.39 is 6.10 Å². The molecule has 142 valence electrons. The number of aromatic amines is 1. The average Bonchev–Trinajstić information content (AvgIpc) is 3.05. The highest BCUT2D eigenvalue weighted by molar-refractivity contribution is 5.86. The maximum Gasteiger partial charge on any atom is 0.121 e. The maximum absolute atomic E-state index is 10.1. The van der Waals surface area contributed by atoms with E-state index in [1.807, 2.05) is 36.4 Å². The number of nitrogens with two attached hydrogens (primary N) is 1. The van der Waals surface area contributed by atoms with Gasteiger partial charge in [0.05, 0.1) is 6.10 Å². The molecule has 1 aromatic heterocycles. The van der Waals surface area contributed by atoms with E-state index in [0.29, 0.717) is 19.7 Å². The number of benzene rings is 2. The van der Waals surface area contributed by atoms with E-state index in [0.717, 1.165) is 36.1 Å². The molecule has 0 spiro atoms. The molecule has 5 N–H and O–H groups in total. The van der Waals surface area contributed by atoms with E-state index in [1.54, 1.807) is 0 Å². The summed E-state index contributed by atoms with van der Waals surface area (Å²) in [6.07, 6.45) is 2.52. The third-order valence-electron chi connectivity index (χ3n) is 5.27. The van der Waals surface area contributed by atoms with Crippen LogP contribution >= 0.6 is 0 Å². The SMILES string of the molecule is NC1CCc2[nH]c3cc(OCCNCC(O)c4ccccc4)ccc3c2C1. The van der Waals surface area contributed by atoms with Crippen molar-refractivity contribution < 1.29 is 9.84 Å². The summed E-state index contributed by atoms with van der Waals surface area (Å²) in [5.41, 5.74) is 10.9. The number of hydrogen-bond donors (Lipinski definition) is 4. The van der Waals surface area contributed by atoms with Crippen molar-refractivity contribution in [2.45, 2.75) is 31.4 Å². The first kappa shape index (κ1) is 18.0. The lowest BCUT2D eigenvalue weighted by Crippen LogP contribution is -2.27. The largest absolute Gasteiger partial charge is 0.492 e. The molecule has 1 heterocycles. The molecule has 5 nitrogen and oxygen atoms in total. The summed E-state index contributed by atoms with van der Waals surface area (Å²) in [6.45, 7) is 1.74. The van der Waals surface area contributed by atoms with Crippen LogP contribution in [0.25, 0.3) is 10.9 Å². The Bertz CT molecular complexity index is 891. The van der Waals surface area contributed by atoms with Crippen LogP contribution in [-0.4, -0.2) is 35.8 Å². The van der Waals surface area contributed by atoms with E-state index in [1.165, 1.54) is 16.6 Å². The van der Waals surface area contributed by atoms with Crippen LogP contribution in [0.4, 0.5) is 0 Å². The third-order valence-corrected chi connectivity index (χ3v) is 5.27. The molecular formula is C22H27N3O2. The average molecular weight is 365 g/mol. The number of nitrogens with one attached hydrogen (secondary N) is 2. The quantitative estimate of drug-likeness (QED) is 0.485. The molecule has 1 aliphatic carbocycles. The number of aliphatic hydroxyl groups excluding tert-OH is 1. The van der Waals surface area contributed by atoms with Gasteiger partial charge in [0.2, 0.25) is 0 Å². The summed E-state index contributed by atoms with van der Waals surface area (Å²) < 4.78 is 5.87. The second-order valence-corrected chi connectivity index (χ2v) is 7.27. The van der Waals surface area contributed by atoms with Crippen LogP contribution in [0.3, 0.4) is 0 Å². The minimum atomic E-state index is -0.501. The van der Waals surface area contributed by atoms with Gasteiger partial charge < -0.3 is 25.9 Å². The number of rotatable bonds is 7. The fourth-order valence-electron chi connectivity index (χ4n) is 3.79. The van der Waals surface area contributed by atoms with Gasteiger partial charge in [-0.1, -0.05) is 30.3 Å². The molecular weight excluding hydrogens is 338 g/mol. The molecule has 2 atom stereocenters. The zero-order chi connectivity index (χ0) is 18.6. The molecule has 4 rings (SSSR count). The number of ether oxygens (including phenoxy) is 1. The normalized spacial score (nSPS) is 17.6. The van der Waals surface area contributed by atoms with E-state index in [-0.39, 0.29) is 6.04 Å². The van der Waals surface area contributed by atoms with Crippen LogP contribution in [0.2, 0.25) is 0 Å². The molecule has 27 heavy (non-hydrogen) atoms. The number of hydrogen-bond acceptors (Lipinski definition) is 4. The van der Waals surface area contributed by atoms with Gasteiger partial charge in [-0.2, -0.15) is 0 Å². The van der Waals surface area contributed by atoms with Gasteiger partial charge in [-0.25, -0.2) is 0 Å². The third kappa shape index (κ3) is 4.16. The predicted octanol–water partition coefficient (Wildman–Crippen LogP) is 2.69. The first-order valence-corrected chi connectivity index (χ1v) is 9.66. The molecule has 2 unspecified atom stereocenters.